The van der Waals surface area contributed by atoms with Gasteiger partial charge >= 0.3 is 0 Å². The van der Waals surface area contributed by atoms with Gasteiger partial charge in [0.1, 0.15) is 11.6 Å². The molecular formula is C26H30N2O3. The second-order valence-electron chi connectivity index (χ2n) is 8.67. The molecule has 0 amide bonds. The lowest BCUT2D eigenvalue weighted by molar-refractivity contribution is 0.0557. The van der Waals surface area contributed by atoms with E-state index in [2.05, 4.69) is 60.0 Å². The zero-order chi connectivity index (χ0) is 21.4. The number of aliphatic hydroxyl groups excluding tert-OH is 2. The van der Waals surface area contributed by atoms with Gasteiger partial charge in [-0.25, -0.2) is 4.99 Å². The first-order valence-electron chi connectivity index (χ1n) is 11.4. The number of allylic oxidation sites excluding steroid dienone is 5. The Morgan fingerprint density at radius 1 is 1.19 bits per heavy atom. The van der Waals surface area contributed by atoms with Gasteiger partial charge in [-0.2, -0.15) is 0 Å². The largest absolute Gasteiger partial charge is 0.512 e. The van der Waals surface area contributed by atoms with Crippen molar-refractivity contribution in [2.45, 2.75) is 51.0 Å². The molecule has 3 N–H and O–H groups in total. The van der Waals surface area contributed by atoms with Crippen LogP contribution in [0, 0.1) is 11.8 Å². The Balaban J connectivity index is 1.61. The summed E-state index contributed by atoms with van der Waals surface area (Å²) < 4.78 is 5.95. The number of fused-ring (bicyclic) bond motifs is 2. The van der Waals surface area contributed by atoms with Gasteiger partial charge in [0.2, 0.25) is 0 Å². The summed E-state index contributed by atoms with van der Waals surface area (Å²) in [6, 6.07) is 8.54. The van der Waals surface area contributed by atoms with Crippen LogP contribution in [0.2, 0.25) is 0 Å². The molecule has 5 heteroatoms. The number of benzene rings is 1. The molecule has 0 fully saturated rings. The fourth-order valence-electron chi connectivity index (χ4n) is 5.34. The molecule has 5 nitrogen and oxygen atoms in total. The smallest absolute Gasteiger partial charge is 0.152 e. The third kappa shape index (κ3) is 3.77. The van der Waals surface area contributed by atoms with Gasteiger partial charge in [-0.05, 0) is 35.8 Å². The predicted molar refractivity (Wildman–Crippen MR) is 123 cm³/mol. The summed E-state index contributed by atoms with van der Waals surface area (Å²) in [7, 11) is 0. The second-order valence-corrected chi connectivity index (χ2v) is 8.67. The number of ether oxygens (including phenoxy) is 1. The number of amidine groups is 1. The van der Waals surface area contributed by atoms with Gasteiger partial charge in [-0.1, -0.05) is 54.6 Å². The van der Waals surface area contributed by atoms with E-state index < -0.39 is 6.10 Å². The molecule has 0 spiro atoms. The highest BCUT2D eigenvalue weighted by molar-refractivity contribution is 6.01. The molecule has 0 bridgehead atoms. The van der Waals surface area contributed by atoms with Crippen LogP contribution < -0.4 is 15.8 Å². The molecule has 0 saturated heterocycles. The van der Waals surface area contributed by atoms with Crippen molar-refractivity contribution in [2.24, 2.45) is 16.8 Å². The van der Waals surface area contributed by atoms with Crippen LogP contribution in [0.4, 0.5) is 0 Å². The van der Waals surface area contributed by atoms with Crippen molar-refractivity contribution in [3.63, 3.8) is 0 Å². The summed E-state index contributed by atoms with van der Waals surface area (Å²) in [5.41, 5.74) is 1.86. The van der Waals surface area contributed by atoms with Crippen LogP contribution in [-0.2, 0) is 4.74 Å². The van der Waals surface area contributed by atoms with Crippen molar-refractivity contribution < 1.29 is 14.9 Å². The molecule has 5 rings (SSSR count). The Bertz CT molecular complexity index is 1100. The molecule has 1 aromatic rings. The molecule has 0 radical (unpaired) electrons. The van der Waals surface area contributed by atoms with Gasteiger partial charge < -0.3 is 20.3 Å². The first-order chi connectivity index (χ1) is 15.2. The van der Waals surface area contributed by atoms with E-state index in [4.69, 9.17) is 9.73 Å². The average molecular weight is 419 g/mol. The topological polar surface area (TPSA) is 74.1 Å². The Labute approximate surface area is 182 Å². The summed E-state index contributed by atoms with van der Waals surface area (Å²) >= 11 is 0. The first kappa shape index (κ1) is 20.3. The van der Waals surface area contributed by atoms with Crippen LogP contribution in [0.25, 0.3) is 11.6 Å². The molecule has 3 aliphatic carbocycles. The standard InChI is InChI=1S/C26H30N2O3/c1-2-31-23-15-20(27-26(28-23)25-21(29)12-7-13-22(25)30)24-18-10-5-3-8-16(18)14-17-9-4-6-11-19(17)24/h3-6,8-11,14,16,18,20-21,23,29-30H,2,7,12-13,15H2,1H3,(H,27,28). The lowest BCUT2D eigenvalue weighted by atomic mass is 9.74. The maximum absolute atomic E-state index is 10.6. The van der Waals surface area contributed by atoms with Gasteiger partial charge in [-0.15, -0.1) is 0 Å². The van der Waals surface area contributed by atoms with Crippen molar-refractivity contribution in [3.8, 4) is 0 Å². The van der Waals surface area contributed by atoms with Crippen LogP contribution in [0.1, 0.15) is 32.6 Å². The van der Waals surface area contributed by atoms with Crippen LogP contribution in [-0.4, -0.2) is 41.0 Å². The van der Waals surface area contributed by atoms with Crippen molar-refractivity contribution in [3.05, 3.63) is 70.3 Å². The Kier molecular flexibility index (Phi) is 5.55. The van der Waals surface area contributed by atoms with E-state index in [0.29, 0.717) is 43.2 Å². The number of hydrogen-bond donors (Lipinski definition) is 3. The monoisotopic (exact) mass is 418 g/mol. The minimum atomic E-state index is -0.705. The van der Waals surface area contributed by atoms with Gasteiger partial charge in [-0.3, -0.25) is 0 Å². The molecule has 0 saturated carbocycles. The second kappa shape index (κ2) is 8.48. The summed E-state index contributed by atoms with van der Waals surface area (Å²) in [5, 5.41) is 27.3. The minimum Gasteiger partial charge on any atom is -0.512 e. The SMILES string of the molecule is CCOC1CC(C2=c3ccccc3=CC3C=CC=CC23)NC(C2=C(O)CCCC2O)=N1. The normalized spacial score (nSPS) is 32.0. The highest BCUT2D eigenvalue weighted by Crippen LogP contribution is 2.35. The molecular weight excluding hydrogens is 388 g/mol. The number of nitrogens with one attached hydrogen (secondary N) is 1. The van der Waals surface area contributed by atoms with Crippen LogP contribution in [0.15, 0.2) is 64.9 Å². The van der Waals surface area contributed by atoms with E-state index in [-0.39, 0.29) is 23.9 Å². The summed E-state index contributed by atoms with van der Waals surface area (Å²) in [6.07, 6.45) is 12.8. The van der Waals surface area contributed by atoms with Crippen molar-refractivity contribution >= 4 is 17.5 Å². The summed E-state index contributed by atoms with van der Waals surface area (Å²) in [5.74, 6) is 1.39. The lowest BCUT2D eigenvalue weighted by Crippen LogP contribution is -2.51. The predicted octanol–water partition coefficient (Wildman–Crippen LogP) is 2.47. The van der Waals surface area contributed by atoms with Gasteiger partial charge in [0.25, 0.3) is 0 Å². The number of aliphatic imine (C=N–C) groups is 1. The molecule has 5 atom stereocenters. The van der Waals surface area contributed by atoms with Crippen molar-refractivity contribution in [2.75, 3.05) is 6.61 Å². The van der Waals surface area contributed by atoms with Crippen LogP contribution in [0.5, 0.6) is 0 Å². The van der Waals surface area contributed by atoms with Crippen molar-refractivity contribution in [1.29, 1.82) is 0 Å². The van der Waals surface area contributed by atoms with Crippen LogP contribution >= 0.6 is 0 Å². The van der Waals surface area contributed by atoms with Gasteiger partial charge in [0, 0.05) is 31.3 Å². The van der Waals surface area contributed by atoms with E-state index >= 15 is 0 Å². The number of aliphatic hydroxyl groups is 2. The molecule has 1 aliphatic heterocycles. The maximum Gasteiger partial charge on any atom is 0.152 e. The Morgan fingerprint density at radius 3 is 2.87 bits per heavy atom. The fraction of sp³-hybridized carbons (Fsp3) is 0.423. The van der Waals surface area contributed by atoms with E-state index in [1.165, 1.54) is 16.0 Å². The Hall–Kier alpha value is -2.63. The first-order valence-corrected chi connectivity index (χ1v) is 11.4. The molecule has 4 aliphatic rings. The quantitative estimate of drug-likeness (QED) is 0.702. The van der Waals surface area contributed by atoms with E-state index in [1.54, 1.807) is 0 Å². The zero-order valence-electron chi connectivity index (χ0n) is 17.9. The average Bonchev–Trinajstić information content (AvgIpc) is 2.77. The molecule has 0 aromatic heterocycles. The molecule has 162 valence electrons. The highest BCUT2D eigenvalue weighted by Gasteiger charge is 2.36. The summed E-state index contributed by atoms with van der Waals surface area (Å²) in [6.45, 7) is 2.54. The third-order valence-electron chi connectivity index (χ3n) is 6.73. The van der Waals surface area contributed by atoms with E-state index in [9.17, 15) is 10.2 Å². The minimum absolute atomic E-state index is 0.00280. The van der Waals surface area contributed by atoms with Gasteiger partial charge in [0.15, 0.2) is 6.23 Å². The molecule has 5 unspecified atom stereocenters. The van der Waals surface area contributed by atoms with E-state index in [0.717, 1.165) is 6.42 Å². The number of hydrogen-bond acceptors (Lipinski definition) is 5. The number of rotatable bonds is 4. The maximum atomic E-state index is 10.6. The Morgan fingerprint density at radius 2 is 2.03 bits per heavy atom. The fourth-order valence-corrected chi connectivity index (χ4v) is 5.34. The lowest BCUT2D eigenvalue weighted by Gasteiger charge is -2.38. The molecule has 31 heavy (non-hydrogen) atoms. The van der Waals surface area contributed by atoms with E-state index in [1.807, 2.05) is 6.92 Å². The highest BCUT2D eigenvalue weighted by atomic mass is 16.5. The molecule has 1 heterocycles. The molecule has 1 aromatic carbocycles. The zero-order valence-corrected chi connectivity index (χ0v) is 17.9. The summed E-state index contributed by atoms with van der Waals surface area (Å²) in [4.78, 5) is 4.75. The van der Waals surface area contributed by atoms with Crippen LogP contribution in [0.3, 0.4) is 0 Å². The third-order valence-corrected chi connectivity index (χ3v) is 6.73. The van der Waals surface area contributed by atoms with Gasteiger partial charge in [0.05, 0.1) is 17.7 Å². The number of nitrogens with zero attached hydrogens (tertiary/aromatic N) is 1. The van der Waals surface area contributed by atoms with Crippen molar-refractivity contribution in [1.82, 2.24) is 5.32 Å².